The van der Waals surface area contributed by atoms with E-state index in [4.69, 9.17) is 0 Å². The van der Waals surface area contributed by atoms with Crippen LogP contribution in [-0.4, -0.2) is 5.92 Å². The van der Waals surface area contributed by atoms with Gasteiger partial charge >= 0.3 is 0 Å². The highest BCUT2D eigenvalue weighted by Gasteiger charge is 2.19. The summed E-state index contributed by atoms with van der Waals surface area (Å²) in [6, 6.07) is 0. The molecule has 0 saturated carbocycles. The van der Waals surface area contributed by atoms with Gasteiger partial charge < -0.3 is 0 Å². The highest BCUT2D eigenvalue weighted by atomic mass is 19.3. The fourth-order valence-corrected chi connectivity index (χ4v) is 1.57. The van der Waals surface area contributed by atoms with Gasteiger partial charge in [-0.1, -0.05) is 51.9 Å². The Hall–Kier alpha value is -0.140. The van der Waals surface area contributed by atoms with Crippen LogP contribution in [0.1, 0.15) is 71.6 Å². The van der Waals surface area contributed by atoms with Gasteiger partial charge in [0.15, 0.2) is 0 Å². The van der Waals surface area contributed by atoms with Crippen LogP contribution in [0.4, 0.5) is 8.78 Å². The summed E-state index contributed by atoms with van der Waals surface area (Å²) < 4.78 is 24.8. The number of hydrogen-bond donors (Lipinski definition) is 0. The first kappa shape index (κ1) is 13.9. The van der Waals surface area contributed by atoms with Crippen LogP contribution in [-0.2, 0) is 0 Å². The van der Waals surface area contributed by atoms with E-state index in [2.05, 4.69) is 6.92 Å². The monoisotopic (exact) mass is 206 g/mol. The fraction of sp³-hybridized carbons (Fsp3) is 1.00. The molecule has 2 heteroatoms. The van der Waals surface area contributed by atoms with Crippen molar-refractivity contribution in [2.75, 3.05) is 0 Å². The summed E-state index contributed by atoms with van der Waals surface area (Å²) in [5.41, 5.74) is 0. The Bertz CT molecular complexity index is 116. The van der Waals surface area contributed by atoms with Crippen molar-refractivity contribution in [3.63, 3.8) is 0 Å². The van der Waals surface area contributed by atoms with Crippen molar-refractivity contribution in [2.24, 2.45) is 0 Å². The molecule has 0 rings (SSSR count). The van der Waals surface area contributed by atoms with Crippen molar-refractivity contribution >= 4 is 0 Å². The Morgan fingerprint density at radius 3 is 1.64 bits per heavy atom. The van der Waals surface area contributed by atoms with Crippen LogP contribution in [0.15, 0.2) is 0 Å². The van der Waals surface area contributed by atoms with Crippen LogP contribution >= 0.6 is 0 Å². The van der Waals surface area contributed by atoms with Crippen LogP contribution in [0.25, 0.3) is 0 Å². The van der Waals surface area contributed by atoms with Gasteiger partial charge in [0.2, 0.25) is 5.92 Å². The molecular formula is C12H24F2. The zero-order valence-corrected chi connectivity index (χ0v) is 9.62. The molecule has 0 nitrogen and oxygen atoms in total. The number of unbranched alkanes of at least 4 members (excludes halogenated alkanes) is 7. The van der Waals surface area contributed by atoms with Crippen molar-refractivity contribution in [2.45, 2.75) is 77.6 Å². The third kappa shape index (κ3) is 11.9. The van der Waals surface area contributed by atoms with Crippen molar-refractivity contribution in [1.82, 2.24) is 0 Å². The molecule has 0 N–H and O–H groups in total. The molecule has 0 aromatic heterocycles. The molecule has 0 heterocycles. The maximum absolute atomic E-state index is 12.4. The second-order valence-electron chi connectivity index (χ2n) is 4.30. The minimum Gasteiger partial charge on any atom is -0.207 e. The maximum Gasteiger partial charge on any atom is 0.245 e. The molecule has 86 valence electrons. The van der Waals surface area contributed by atoms with Crippen LogP contribution in [0.3, 0.4) is 0 Å². The molecule has 0 bridgehead atoms. The predicted octanol–water partition coefficient (Wildman–Crippen LogP) is 5.17. The third-order valence-corrected chi connectivity index (χ3v) is 2.47. The molecule has 0 fully saturated rings. The predicted molar refractivity (Wildman–Crippen MR) is 57.8 cm³/mol. The van der Waals surface area contributed by atoms with E-state index in [0.29, 0.717) is 6.42 Å². The highest BCUT2D eigenvalue weighted by molar-refractivity contribution is 4.57. The molecule has 0 radical (unpaired) electrons. The van der Waals surface area contributed by atoms with Crippen LogP contribution < -0.4 is 0 Å². The van der Waals surface area contributed by atoms with Gasteiger partial charge in [-0.05, 0) is 13.3 Å². The molecule has 0 amide bonds. The zero-order valence-electron chi connectivity index (χ0n) is 9.62. The summed E-state index contributed by atoms with van der Waals surface area (Å²) in [6.45, 7) is 3.21. The minimum atomic E-state index is -2.46. The van der Waals surface area contributed by atoms with E-state index in [0.717, 1.165) is 19.8 Å². The van der Waals surface area contributed by atoms with Gasteiger partial charge in [-0.3, -0.25) is 0 Å². The SMILES string of the molecule is CCCCCCCCCCC(C)(F)F. The van der Waals surface area contributed by atoms with Gasteiger partial charge in [0.1, 0.15) is 0 Å². The van der Waals surface area contributed by atoms with Gasteiger partial charge in [0.05, 0.1) is 0 Å². The average molecular weight is 206 g/mol. The quantitative estimate of drug-likeness (QED) is 0.456. The normalized spacial score (nSPS) is 12.0. The Morgan fingerprint density at radius 2 is 1.21 bits per heavy atom. The van der Waals surface area contributed by atoms with Crippen LogP contribution in [0.2, 0.25) is 0 Å². The van der Waals surface area contributed by atoms with E-state index in [1.54, 1.807) is 0 Å². The Kier molecular flexibility index (Phi) is 8.11. The van der Waals surface area contributed by atoms with E-state index in [1.807, 2.05) is 0 Å². The summed E-state index contributed by atoms with van der Waals surface area (Å²) >= 11 is 0. The highest BCUT2D eigenvalue weighted by Crippen LogP contribution is 2.20. The van der Waals surface area contributed by atoms with Gasteiger partial charge in [-0.2, -0.15) is 0 Å². The van der Waals surface area contributed by atoms with E-state index >= 15 is 0 Å². The smallest absolute Gasteiger partial charge is 0.207 e. The van der Waals surface area contributed by atoms with Gasteiger partial charge in [-0.25, -0.2) is 8.78 Å². The summed E-state index contributed by atoms with van der Waals surface area (Å²) in [5, 5.41) is 0. The molecule has 0 unspecified atom stereocenters. The van der Waals surface area contributed by atoms with Crippen LogP contribution in [0.5, 0.6) is 0 Å². The van der Waals surface area contributed by atoms with Crippen molar-refractivity contribution in [3.05, 3.63) is 0 Å². The Balaban J connectivity index is 2.99. The molecule has 0 aliphatic heterocycles. The zero-order chi connectivity index (χ0) is 10.9. The van der Waals surface area contributed by atoms with E-state index in [-0.39, 0.29) is 6.42 Å². The fourth-order valence-electron chi connectivity index (χ4n) is 1.57. The average Bonchev–Trinajstić information content (AvgIpc) is 2.08. The van der Waals surface area contributed by atoms with E-state index in [1.165, 1.54) is 32.1 Å². The Morgan fingerprint density at radius 1 is 0.786 bits per heavy atom. The third-order valence-electron chi connectivity index (χ3n) is 2.47. The Labute approximate surface area is 87.1 Å². The number of hydrogen-bond acceptors (Lipinski definition) is 0. The largest absolute Gasteiger partial charge is 0.245 e. The maximum atomic E-state index is 12.4. The molecule has 0 atom stereocenters. The minimum absolute atomic E-state index is 0.0575. The molecule has 0 saturated heterocycles. The summed E-state index contributed by atoms with van der Waals surface area (Å²) in [7, 11) is 0. The van der Waals surface area contributed by atoms with Crippen LogP contribution in [0, 0.1) is 0 Å². The molecule has 0 aromatic rings. The lowest BCUT2D eigenvalue weighted by Crippen LogP contribution is -2.08. The first-order valence-electron chi connectivity index (χ1n) is 5.94. The van der Waals surface area contributed by atoms with Crippen molar-refractivity contribution in [3.8, 4) is 0 Å². The summed E-state index contributed by atoms with van der Waals surface area (Å²) in [6.07, 6.45) is 9.20. The number of alkyl halides is 2. The molecule has 0 aliphatic rings. The first-order chi connectivity index (χ1) is 6.56. The lowest BCUT2D eigenvalue weighted by molar-refractivity contribution is 0.0103. The topological polar surface area (TPSA) is 0 Å². The van der Waals surface area contributed by atoms with Gasteiger partial charge in [0.25, 0.3) is 0 Å². The number of halogens is 2. The van der Waals surface area contributed by atoms with Gasteiger partial charge in [0, 0.05) is 6.42 Å². The molecule has 0 aliphatic carbocycles. The number of rotatable bonds is 9. The van der Waals surface area contributed by atoms with Crippen molar-refractivity contribution < 1.29 is 8.78 Å². The molecule has 0 aromatic carbocycles. The first-order valence-corrected chi connectivity index (χ1v) is 5.94. The van der Waals surface area contributed by atoms with Crippen molar-refractivity contribution in [1.29, 1.82) is 0 Å². The van der Waals surface area contributed by atoms with E-state index < -0.39 is 5.92 Å². The summed E-state index contributed by atoms with van der Waals surface area (Å²) in [5.74, 6) is -2.46. The second kappa shape index (κ2) is 8.19. The lowest BCUT2D eigenvalue weighted by Gasteiger charge is -2.08. The second-order valence-corrected chi connectivity index (χ2v) is 4.30. The molecule has 14 heavy (non-hydrogen) atoms. The summed E-state index contributed by atoms with van der Waals surface area (Å²) in [4.78, 5) is 0. The standard InChI is InChI=1S/C12H24F2/c1-3-4-5-6-7-8-9-10-11-12(2,13)14/h3-11H2,1-2H3. The van der Waals surface area contributed by atoms with Gasteiger partial charge in [-0.15, -0.1) is 0 Å². The molecule has 0 spiro atoms. The lowest BCUT2D eigenvalue weighted by atomic mass is 10.1. The van der Waals surface area contributed by atoms with E-state index in [9.17, 15) is 8.78 Å². The molecular weight excluding hydrogens is 182 g/mol.